The highest BCUT2D eigenvalue weighted by molar-refractivity contribution is 5.86. The lowest BCUT2D eigenvalue weighted by Crippen LogP contribution is -2.19. The summed E-state index contributed by atoms with van der Waals surface area (Å²) in [6.45, 7) is 12.7. The number of nitrogens with zero attached hydrogens (tertiary/aromatic N) is 5. The topological polar surface area (TPSA) is 80.0 Å². The number of hydrogen-bond donors (Lipinski definition) is 2. The molecule has 4 heterocycles. The molecule has 0 aliphatic heterocycles. The van der Waals surface area contributed by atoms with Crippen molar-refractivity contribution < 1.29 is 0 Å². The van der Waals surface area contributed by atoms with E-state index in [1.54, 1.807) is 12.4 Å². The Bertz CT molecular complexity index is 1340. The van der Waals surface area contributed by atoms with Gasteiger partial charge in [0, 0.05) is 41.5 Å². The van der Waals surface area contributed by atoms with Crippen LogP contribution in [0.2, 0.25) is 0 Å². The summed E-state index contributed by atoms with van der Waals surface area (Å²) in [5.41, 5.74) is 7.15. The Kier molecular flexibility index (Phi) is 5.38. The molecule has 1 aliphatic carbocycles. The van der Waals surface area contributed by atoms with Crippen LogP contribution in [0.15, 0.2) is 68.4 Å². The van der Waals surface area contributed by atoms with Gasteiger partial charge in [0.05, 0.1) is 29.3 Å². The monoisotopic (exact) mass is 437 g/mol. The zero-order valence-corrected chi connectivity index (χ0v) is 18.9. The molecule has 1 saturated carbocycles. The predicted molar refractivity (Wildman–Crippen MR) is 133 cm³/mol. The molecule has 1 aliphatic rings. The fraction of sp³-hybridized carbons (Fsp3) is 0.231. The van der Waals surface area contributed by atoms with Gasteiger partial charge in [-0.1, -0.05) is 13.2 Å². The van der Waals surface area contributed by atoms with Crippen molar-refractivity contribution in [3.63, 3.8) is 0 Å². The summed E-state index contributed by atoms with van der Waals surface area (Å²) < 4.78 is 1.83. The van der Waals surface area contributed by atoms with E-state index in [9.17, 15) is 0 Å². The van der Waals surface area contributed by atoms with E-state index in [0.717, 1.165) is 50.8 Å². The normalized spacial score (nSPS) is 14.1. The number of rotatable bonds is 8. The second-order valence-electron chi connectivity index (χ2n) is 8.59. The molecule has 7 nitrogen and oxygen atoms in total. The smallest absolute Gasteiger partial charge is 0.223 e. The van der Waals surface area contributed by atoms with Crippen LogP contribution in [0.5, 0.6) is 0 Å². The quantitative estimate of drug-likeness (QED) is 0.395. The Morgan fingerprint density at radius 3 is 2.73 bits per heavy atom. The number of hydrogen-bond acceptors (Lipinski definition) is 6. The molecule has 1 fully saturated rings. The summed E-state index contributed by atoms with van der Waals surface area (Å²) in [5.74, 6) is 1.41. The molecule has 0 bridgehead atoms. The minimum Gasteiger partial charge on any atom is -0.354 e. The first kappa shape index (κ1) is 20.9. The second kappa shape index (κ2) is 8.50. The van der Waals surface area contributed by atoms with Crippen molar-refractivity contribution in [2.45, 2.75) is 32.7 Å². The van der Waals surface area contributed by atoms with Crippen molar-refractivity contribution in [3.05, 3.63) is 90.8 Å². The molecule has 5 rings (SSSR count). The molecule has 7 heteroatoms. The Hall–Kier alpha value is -4.00. The van der Waals surface area contributed by atoms with E-state index >= 15 is 0 Å². The number of pyridine rings is 2. The van der Waals surface area contributed by atoms with Crippen molar-refractivity contribution in [2.75, 3.05) is 10.6 Å². The Morgan fingerprint density at radius 1 is 1.15 bits per heavy atom. The minimum absolute atomic E-state index is 0.398. The van der Waals surface area contributed by atoms with Crippen LogP contribution in [0.1, 0.15) is 42.1 Å². The highest BCUT2D eigenvalue weighted by Gasteiger charge is 2.28. The number of aromatic nitrogens is 5. The number of anilines is 2. The number of nitrogens with one attached hydrogen (secondary N) is 2. The molecule has 0 radical (unpaired) electrons. The van der Waals surface area contributed by atoms with Crippen molar-refractivity contribution >= 4 is 28.4 Å². The van der Waals surface area contributed by atoms with Crippen LogP contribution in [0.3, 0.4) is 0 Å². The van der Waals surface area contributed by atoms with E-state index < -0.39 is 0 Å². The maximum atomic E-state index is 4.68. The molecular formula is C26H27N7. The van der Waals surface area contributed by atoms with Gasteiger partial charge in [0.25, 0.3) is 0 Å². The van der Waals surface area contributed by atoms with Crippen LogP contribution < -0.4 is 10.6 Å². The molecule has 0 saturated heterocycles. The first-order valence-corrected chi connectivity index (χ1v) is 11.1. The van der Waals surface area contributed by atoms with E-state index in [4.69, 9.17) is 0 Å². The maximum Gasteiger partial charge on any atom is 0.223 e. The Labute approximate surface area is 193 Å². The van der Waals surface area contributed by atoms with E-state index in [0.29, 0.717) is 12.0 Å². The lowest BCUT2D eigenvalue weighted by atomic mass is 10.00. The lowest BCUT2D eigenvalue weighted by molar-refractivity contribution is 0.685. The Balaban J connectivity index is 1.39. The summed E-state index contributed by atoms with van der Waals surface area (Å²) >= 11 is 0. The highest BCUT2D eigenvalue weighted by Crippen LogP contribution is 2.34. The molecule has 33 heavy (non-hydrogen) atoms. The molecule has 0 amide bonds. The van der Waals surface area contributed by atoms with E-state index in [2.05, 4.69) is 56.8 Å². The summed E-state index contributed by atoms with van der Waals surface area (Å²) in [6, 6.07) is 8.30. The molecule has 166 valence electrons. The average Bonchev–Trinajstić information content (AvgIpc) is 3.58. The summed E-state index contributed by atoms with van der Waals surface area (Å²) in [4.78, 5) is 13.4. The molecule has 2 N–H and O–H groups in total. The average molecular weight is 438 g/mol. The van der Waals surface area contributed by atoms with Crippen LogP contribution in [-0.4, -0.2) is 30.6 Å². The first-order chi connectivity index (χ1) is 16.0. The third kappa shape index (κ3) is 4.35. The van der Waals surface area contributed by atoms with Gasteiger partial charge in [-0.3, -0.25) is 4.98 Å². The first-order valence-electron chi connectivity index (χ1n) is 11.1. The van der Waals surface area contributed by atoms with Gasteiger partial charge in [0.2, 0.25) is 5.95 Å². The number of aryl methyl sites for hydroxylation is 1. The van der Waals surface area contributed by atoms with Gasteiger partial charge in [0.15, 0.2) is 0 Å². The molecule has 0 aromatic carbocycles. The third-order valence-corrected chi connectivity index (χ3v) is 6.14. The van der Waals surface area contributed by atoms with Crippen LogP contribution in [0.4, 0.5) is 11.6 Å². The van der Waals surface area contributed by atoms with E-state index in [-0.39, 0.29) is 0 Å². The van der Waals surface area contributed by atoms with Gasteiger partial charge in [-0.25, -0.2) is 14.5 Å². The van der Waals surface area contributed by atoms with Crippen molar-refractivity contribution in [3.8, 4) is 0 Å². The van der Waals surface area contributed by atoms with Crippen LogP contribution >= 0.6 is 0 Å². The van der Waals surface area contributed by atoms with E-state index in [1.165, 1.54) is 12.8 Å². The highest BCUT2D eigenvalue weighted by atomic mass is 15.2. The van der Waals surface area contributed by atoms with Gasteiger partial charge in [0.1, 0.15) is 0 Å². The molecule has 0 unspecified atom stereocenters. The summed E-state index contributed by atoms with van der Waals surface area (Å²) in [6.07, 6.45) is 11.7. The zero-order valence-electron chi connectivity index (χ0n) is 18.9. The van der Waals surface area contributed by atoms with Gasteiger partial charge in [-0.05, 0) is 68.0 Å². The standard InChI is InChI=1S/C26H27N7/c1-16(23-14-28-26(32-18(23)3)31-17(2)20-7-8-20)21-9-11-33-25(12-21)24(15-29-33)19(4)30-22-6-5-10-27-13-22/h5-6,9-15,17,20,30H,1,4,7-8H2,2-3H3,(H,28,31,32)/t17-/m1/s1. The van der Waals surface area contributed by atoms with Gasteiger partial charge in [-0.2, -0.15) is 5.10 Å². The maximum absolute atomic E-state index is 4.68. The molecular weight excluding hydrogens is 410 g/mol. The largest absolute Gasteiger partial charge is 0.354 e. The number of fused-ring (bicyclic) bond motifs is 1. The van der Waals surface area contributed by atoms with Gasteiger partial charge >= 0.3 is 0 Å². The SMILES string of the molecule is C=C(c1ccn2ncc(C(=C)Nc3cccnc3)c2c1)c1cnc(N[C@H](C)C2CC2)nc1C. The van der Waals surface area contributed by atoms with Crippen LogP contribution in [-0.2, 0) is 0 Å². The van der Waals surface area contributed by atoms with Crippen LogP contribution in [0.25, 0.3) is 16.8 Å². The molecule has 1 atom stereocenters. The fourth-order valence-corrected chi connectivity index (χ4v) is 3.99. The van der Waals surface area contributed by atoms with Crippen LogP contribution in [0, 0.1) is 12.8 Å². The van der Waals surface area contributed by atoms with Gasteiger partial charge in [-0.15, -0.1) is 0 Å². The molecule has 4 aromatic rings. The van der Waals surface area contributed by atoms with Gasteiger partial charge < -0.3 is 10.6 Å². The molecule has 4 aromatic heterocycles. The Morgan fingerprint density at radius 2 is 2.00 bits per heavy atom. The minimum atomic E-state index is 0.398. The van der Waals surface area contributed by atoms with Crippen molar-refractivity contribution in [1.82, 2.24) is 24.6 Å². The summed E-state index contributed by atoms with van der Waals surface area (Å²) in [5, 5.41) is 11.2. The fourth-order valence-electron chi connectivity index (χ4n) is 3.99. The molecule has 0 spiro atoms. The lowest BCUT2D eigenvalue weighted by Gasteiger charge is -2.15. The van der Waals surface area contributed by atoms with E-state index in [1.807, 2.05) is 48.2 Å². The zero-order chi connectivity index (χ0) is 22.9. The van der Waals surface area contributed by atoms with Crippen molar-refractivity contribution in [2.24, 2.45) is 5.92 Å². The second-order valence-corrected chi connectivity index (χ2v) is 8.59. The predicted octanol–water partition coefficient (Wildman–Crippen LogP) is 5.18. The summed E-state index contributed by atoms with van der Waals surface area (Å²) in [7, 11) is 0. The van der Waals surface area contributed by atoms with Crippen molar-refractivity contribution in [1.29, 1.82) is 0 Å². The third-order valence-electron chi connectivity index (χ3n) is 6.14.